The molecule has 1 N–H and O–H groups in total. The van der Waals surface area contributed by atoms with E-state index in [9.17, 15) is 74.3 Å². The predicted molar refractivity (Wildman–Crippen MR) is 52.2 cm³/mol. The zero-order chi connectivity index (χ0) is 22.7. The second-order valence-electron chi connectivity index (χ2n) is 4.80. The van der Waals surface area contributed by atoms with Crippen LogP contribution >= 0.6 is 0 Å². The molecule has 19 heteroatoms. The van der Waals surface area contributed by atoms with Gasteiger partial charge in [0.25, 0.3) is 10.1 Å². The molecule has 0 spiro atoms. The second-order valence-corrected chi connectivity index (χ2v) is 6.25. The molecule has 0 fully saturated rings. The number of hydrogen-bond donors (Lipinski definition) is 1. The third-order valence-corrected chi connectivity index (χ3v) is 3.48. The summed E-state index contributed by atoms with van der Waals surface area (Å²) in [6, 6.07) is 0. The molecule has 0 aliphatic rings. The van der Waals surface area contributed by atoms with Gasteiger partial charge in [-0.1, -0.05) is 0 Å². The molecular formula is C8H3F15O3S. The maximum Gasteiger partial charge on any atom is 0.460 e. The molecule has 0 aromatic rings. The Hall–Kier alpha value is -1.14. The first-order valence-corrected chi connectivity index (χ1v) is 7.10. The van der Waals surface area contributed by atoms with Crippen molar-refractivity contribution in [3.05, 3.63) is 0 Å². The summed E-state index contributed by atoms with van der Waals surface area (Å²) < 4.78 is 217. The fourth-order valence-corrected chi connectivity index (χ4v) is 1.96. The molecule has 0 aromatic carbocycles. The van der Waals surface area contributed by atoms with E-state index in [1.807, 2.05) is 0 Å². The van der Waals surface area contributed by atoms with Crippen LogP contribution in [0.5, 0.6) is 0 Å². The lowest BCUT2D eigenvalue weighted by Crippen LogP contribution is -2.73. The van der Waals surface area contributed by atoms with Crippen LogP contribution in [0.15, 0.2) is 0 Å². The summed E-state index contributed by atoms with van der Waals surface area (Å²) in [6.45, 7) is 0. The zero-order valence-electron chi connectivity index (χ0n) is 11.5. The molecule has 0 saturated heterocycles. The largest absolute Gasteiger partial charge is 0.460 e. The van der Waals surface area contributed by atoms with E-state index >= 15 is 0 Å². The van der Waals surface area contributed by atoms with E-state index in [2.05, 4.69) is 0 Å². The van der Waals surface area contributed by atoms with Gasteiger partial charge in [0.05, 0.1) is 0 Å². The molecule has 0 saturated carbocycles. The van der Waals surface area contributed by atoms with Crippen LogP contribution < -0.4 is 0 Å². The highest BCUT2D eigenvalue weighted by Crippen LogP contribution is 2.62. The van der Waals surface area contributed by atoms with Gasteiger partial charge in [0.2, 0.25) is 0 Å². The molecular weight excluding hydrogens is 461 g/mol. The highest BCUT2D eigenvalue weighted by Gasteiger charge is 2.93. The van der Waals surface area contributed by atoms with E-state index in [0.29, 0.717) is 0 Å². The van der Waals surface area contributed by atoms with Crippen LogP contribution in [-0.4, -0.2) is 60.4 Å². The van der Waals surface area contributed by atoms with Gasteiger partial charge in [-0.25, -0.2) is 0 Å². The van der Waals surface area contributed by atoms with Gasteiger partial charge in [0, 0.05) is 0 Å². The molecule has 0 rings (SSSR count). The van der Waals surface area contributed by atoms with Crippen molar-refractivity contribution in [1.29, 1.82) is 0 Å². The van der Waals surface area contributed by atoms with Crippen LogP contribution in [0, 0.1) is 0 Å². The second kappa shape index (κ2) is 6.18. The smallest absolute Gasteiger partial charge is 0.285 e. The molecule has 0 aliphatic heterocycles. The zero-order valence-corrected chi connectivity index (χ0v) is 12.4. The third-order valence-electron chi connectivity index (χ3n) is 2.76. The van der Waals surface area contributed by atoms with Gasteiger partial charge < -0.3 is 0 Å². The number of hydrogen-bond acceptors (Lipinski definition) is 2. The maximum absolute atomic E-state index is 13.0. The molecule has 164 valence electrons. The minimum atomic E-state index is -8.49. The Bertz CT molecular complexity index is 661. The number of rotatable bonds is 7. The normalized spacial score (nSPS) is 16.6. The maximum atomic E-state index is 13.0. The molecule has 0 aromatic heterocycles. The van der Waals surface area contributed by atoms with E-state index in [1.54, 1.807) is 0 Å². The molecule has 0 bridgehead atoms. The minimum Gasteiger partial charge on any atom is -0.285 e. The van der Waals surface area contributed by atoms with Crippen molar-refractivity contribution in [2.24, 2.45) is 0 Å². The third kappa shape index (κ3) is 3.75. The van der Waals surface area contributed by atoms with Crippen LogP contribution in [0.2, 0.25) is 0 Å². The molecule has 0 amide bonds. The van der Waals surface area contributed by atoms with Gasteiger partial charge in [0.15, 0.2) is 0 Å². The van der Waals surface area contributed by atoms with Crippen LogP contribution in [0.25, 0.3) is 0 Å². The summed E-state index contributed by atoms with van der Waals surface area (Å²) >= 11 is 0. The molecule has 0 heterocycles. The molecule has 0 aliphatic carbocycles. The van der Waals surface area contributed by atoms with Gasteiger partial charge >= 0.3 is 41.7 Å². The summed E-state index contributed by atoms with van der Waals surface area (Å²) in [4.78, 5) is 0. The standard InChI is InChI=1S/C8H3F15O3S/c9-2(10,1-27(24,25)26)3(11,12)4(13,14)5(15,16)6(17,18)7(19,20)8(21,22)23/h1H2,(H,24,25,26). The van der Waals surface area contributed by atoms with Gasteiger partial charge in [-0.2, -0.15) is 74.3 Å². The Kier molecular flexibility index (Phi) is 5.92. The molecule has 0 unspecified atom stereocenters. The van der Waals surface area contributed by atoms with E-state index in [4.69, 9.17) is 4.55 Å². The van der Waals surface area contributed by atoms with Crippen LogP contribution in [0.3, 0.4) is 0 Å². The van der Waals surface area contributed by atoms with Gasteiger partial charge in [-0.15, -0.1) is 0 Å². The Labute approximate surface area is 137 Å². The fraction of sp³-hybridized carbons (Fsp3) is 1.00. The number of alkyl halides is 15. The molecule has 27 heavy (non-hydrogen) atoms. The lowest BCUT2D eigenvalue weighted by atomic mass is 9.91. The molecule has 0 atom stereocenters. The van der Waals surface area contributed by atoms with Crippen molar-refractivity contribution in [3.63, 3.8) is 0 Å². The van der Waals surface area contributed by atoms with Crippen molar-refractivity contribution in [1.82, 2.24) is 0 Å². The van der Waals surface area contributed by atoms with Crippen molar-refractivity contribution in [2.75, 3.05) is 5.75 Å². The van der Waals surface area contributed by atoms with Gasteiger partial charge in [-0.3, -0.25) is 4.55 Å². The van der Waals surface area contributed by atoms with Crippen molar-refractivity contribution in [2.45, 2.75) is 41.7 Å². The average molecular weight is 464 g/mol. The first-order valence-electron chi connectivity index (χ1n) is 5.49. The van der Waals surface area contributed by atoms with E-state index in [-0.39, 0.29) is 0 Å². The van der Waals surface area contributed by atoms with E-state index in [0.717, 1.165) is 0 Å². The summed E-state index contributed by atoms with van der Waals surface area (Å²) in [5.74, 6) is -52.1. The Morgan fingerprint density at radius 1 is 0.519 bits per heavy atom. The SMILES string of the molecule is O=S(=O)(O)CC(F)(F)C(F)(F)C(F)(F)C(F)(F)C(F)(F)C(F)(F)C(F)(F)F. The average Bonchev–Trinajstić information content (AvgIpc) is 2.33. The van der Waals surface area contributed by atoms with Crippen molar-refractivity contribution in [3.8, 4) is 0 Å². The van der Waals surface area contributed by atoms with Crippen LogP contribution in [0.1, 0.15) is 0 Å². The van der Waals surface area contributed by atoms with Gasteiger partial charge in [-0.05, 0) is 0 Å². The Balaban J connectivity index is 6.55. The Morgan fingerprint density at radius 3 is 1.04 bits per heavy atom. The summed E-state index contributed by atoms with van der Waals surface area (Å²) in [6.07, 6.45) is -7.72. The number of halogens is 15. The lowest BCUT2D eigenvalue weighted by Gasteiger charge is -2.41. The summed E-state index contributed by atoms with van der Waals surface area (Å²) in [7, 11) is -6.38. The molecule has 0 radical (unpaired) electrons. The first kappa shape index (κ1) is 25.9. The van der Waals surface area contributed by atoms with Crippen molar-refractivity contribution < 1.29 is 78.8 Å². The fourth-order valence-electron chi connectivity index (χ4n) is 1.32. The predicted octanol–water partition coefficient (Wildman–Crippen LogP) is 4.25. The lowest BCUT2D eigenvalue weighted by molar-refractivity contribution is -0.451. The topological polar surface area (TPSA) is 54.4 Å². The highest BCUT2D eigenvalue weighted by molar-refractivity contribution is 7.85. The summed E-state index contributed by atoms with van der Waals surface area (Å²) in [5.41, 5.74) is 0. The van der Waals surface area contributed by atoms with E-state index < -0.39 is 57.6 Å². The van der Waals surface area contributed by atoms with Crippen LogP contribution in [-0.2, 0) is 10.1 Å². The monoisotopic (exact) mass is 464 g/mol. The quantitative estimate of drug-likeness (QED) is 0.453. The first-order chi connectivity index (χ1) is 11.2. The molecule has 3 nitrogen and oxygen atoms in total. The minimum absolute atomic E-state index is 3.79. The van der Waals surface area contributed by atoms with Crippen molar-refractivity contribution >= 4 is 10.1 Å². The van der Waals surface area contributed by atoms with E-state index in [1.165, 1.54) is 0 Å². The highest BCUT2D eigenvalue weighted by atomic mass is 32.2. The van der Waals surface area contributed by atoms with Gasteiger partial charge in [0.1, 0.15) is 5.75 Å². The van der Waals surface area contributed by atoms with Crippen LogP contribution in [0.4, 0.5) is 65.9 Å². The Morgan fingerprint density at radius 2 is 0.778 bits per heavy atom. The summed E-state index contributed by atoms with van der Waals surface area (Å²) in [5, 5.41) is 0.